The number of fused-ring (bicyclic) bond motifs is 1. The maximum absolute atomic E-state index is 11.8. The molecule has 1 aliphatic heterocycles. The normalized spacial score (nSPS) is 23.7. The van der Waals surface area contributed by atoms with Gasteiger partial charge in [0.05, 0.1) is 27.0 Å². The average Bonchev–Trinajstić information content (AvgIpc) is 3.12. The number of aromatic nitrogens is 2. The van der Waals surface area contributed by atoms with Crippen molar-refractivity contribution in [1.29, 1.82) is 0 Å². The minimum atomic E-state index is -0.949. The Hall–Kier alpha value is -1.74. The summed E-state index contributed by atoms with van der Waals surface area (Å²) >= 11 is 18.5. The number of nitrogens with zero attached hydrogens (tertiary/aromatic N) is 2. The summed E-state index contributed by atoms with van der Waals surface area (Å²) in [6, 6.07) is 3.33. The van der Waals surface area contributed by atoms with E-state index in [1.165, 1.54) is 13.8 Å². The Bertz CT molecular complexity index is 965. The number of carbonyl (C=O) groups is 2. The molecular formula is C19H22Cl3N3O5. The van der Waals surface area contributed by atoms with Crippen LogP contribution in [-0.2, 0) is 23.8 Å². The number of ether oxygens (including phenoxy) is 3. The van der Waals surface area contributed by atoms with Crippen LogP contribution in [0.3, 0.4) is 0 Å². The van der Waals surface area contributed by atoms with Crippen LogP contribution in [-0.4, -0.2) is 51.7 Å². The number of hydrogen-bond acceptors (Lipinski definition) is 7. The topological polar surface area (TPSA) is 91.7 Å². The van der Waals surface area contributed by atoms with E-state index in [-0.39, 0.29) is 11.9 Å². The van der Waals surface area contributed by atoms with Crippen LogP contribution < -0.4 is 5.32 Å². The molecule has 0 saturated carbocycles. The molecular weight excluding hydrogens is 457 g/mol. The molecule has 8 nitrogen and oxygen atoms in total. The van der Waals surface area contributed by atoms with Crippen LogP contribution in [0, 0.1) is 0 Å². The van der Waals surface area contributed by atoms with Gasteiger partial charge in [0.15, 0.2) is 18.4 Å². The van der Waals surface area contributed by atoms with Crippen LogP contribution in [0.5, 0.6) is 0 Å². The van der Waals surface area contributed by atoms with E-state index in [4.69, 9.17) is 49.0 Å². The lowest BCUT2D eigenvalue weighted by atomic mass is 10.1. The molecule has 1 aromatic carbocycles. The molecule has 1 aliphatic rings. The van der Waals surface area contributed by atoms with Gasteiger partial charge in [0, 0.05) is 19.9 Å². The third-order valence-corrected chi connectivity index (χ3v) is 5.47. The van der Waals surface area contributed by atoms with E-state index in [1.807, 2.05) is 13.8 Å². The number of esters is 2. The van der Waals surface area contributed by atoms with E-state index >= 15 is 0 Å². The van der Waals surface area contributed by atoms with Gasteiger partial charge in [-0.3, -0.25) is 14.2 Å². The number of hydrogen-bond donors (Lipinski definition) is 1. The molecule has 0 amide bonds. The number of imidazole rings is 1. The summed E-state index contributed by atoms with van der Waals surface area (Å²) in [7, 11) is 0. The molecule has 1 aromatic heterocycles. The Labute approximate surface area is 188 Å². The van der Waals surface area contributed by atoms with E-state index in [2.05, 4.69) is 10.3 Å². The molecule has 4 atom stereocenters. The molecule has 0 aliphatic carbocycles. The Morgan fingerprint density at radius 2 is 1.77 bits per heavy atom. The fraction of sp³-hybridized carbons (Fsp3) is 0.526. The number of alkyl halides is 1. The molecule has 1 N–H and O–H groups in total. The van der Waals surface area contributed by atoms with Crippen LogP contribution in [0.4, 0.5) is 5.95 Å². The molecule has 0 bridgehead atoms. The van der Waals surface area contributed by atoms with Gasteiger partial charge in [0.25, 0.3) is 0 Å². The van der Waals surface area contributed by atoms with Crippen molar-refractivity contribution in [2.45, 2.75) is 58.3 Å². The molecule has 164 valence electrons. The highest BCUT2D eigenvalue weighted by molar-refractivity contribution is 6.42. The molecule has 0 unspecified atom stereocenters. The number of nitrogens with one attached hydrogen (secondary N) is 1. The molecule has 0 radical (unpaired) electrons. The summed E-state index contributed by atoms with van der Waals surface area (Å²) in [6.07, 6.45) is -3.40. The monoisotopic (exact) mass is 477 g/mol. The smallest absolute Gasteiger partial charge is 0.303 e. The summed E-state index contributed by atoms with van der Waals surface area (Å²) in [5.41, 5.74) is 1.17. The predicted octanol–water partition coefficient (Wildman–Crippen LogP) is 4.16. The molecule has 2 aromatic rings. The molecule has 3 rings (SSSR count). The Kier molecular flexibility index (Phi) is 7.02. The van der Waals surface area contributed by atoms with Gasteiger partial charge in [-0.05, 0) is 26.0 Å². The number of carbonyl (C=O) groups excluding carboxylic acids is 2. The van der Waals surface area contributed by atoms with E-state index in [1.54, 1.807) is 16.7 Å². The first-order valence-electron chi connectivity index (χ1n) is 9.31. The van der Waals surface area contributed by atoms with Gasteiger partial charge in [-0.1, -0.05) is 23.2 Å². The highest BCUT2D eigenvalue weighted by atomic mass is 35.5. The van der Waals surface area contributed by atoms with Crippen LogP contribution in [0.15, 0.2) is 12.1 Å². The molecule has 30 heavy (non-hydrogen) atoms. The summed E-state index contributed by atoms with van der Waals surface area (Å²) in [4.78, 5) is 28.1. The molecule has 11 heteroatoms. The summed E-state index contributed by atoms with van der Waals surface area (Å²) < 4.78 is 18.7. The average molecular weight is 479 g/mol. The summed E-state index contributed by atoms with van der Waals surface area (Å²) in [6.45, 7) is 6.44. The van der Waals surface area contributed by atoms with Crippen molar-refractivity contribution in [3.8, 4) is 0 Å². The van der Waals surface area contributed by atoms with Crippen molar-refractivity contribution in [1.82, 2.24) is 9.55 Å². The van der Waals surface area contributed by atoms with Crippen molar-refractivity contribution in [3.05, 3.63) is 22.2 Å². The van der Waals surface area contributed by atoms with Crippen molar-refractivity contribution in [3.63, 3.8) is 0 Å². The SMILES string of the molecule is CC(=O)O[C@@H]1[C@H](OC(C)=O)[C@@H](CCl)O[C@H]1n1c(NC(C)C)nc2cc(Cl)c(Cl)cc21. The van der Waals surface area contributed by atoms with Gasteiger partial charge in [0.2, 0.25) is 5.95 Å². The first-order chi connectivity index (χ1) is 14.1. The summed E-state index contributed by atoms with van der Waals surface area (Å²) in [5.74, 6) is -0.609. The second kappa shape index (κ2) is 9.18. The number of anilines is 1. The number of rotatable bonds is 6. The van der Waals surface area contributed by atoms with E-state index in [9.17, 15) is 9.59 Å². The highest BCUT2D eigenvalue weighted by Crippen LogP contribution is 2.40. The van der Waals surface area contributed by atoms with Crippen molar-refractivity contribution in [2.75, 3.05) is 11.2 Å². The lowest BCUT2D eigenvalue weighted by Crippen LogP contribution is -2.39. The zero-order valence-corrected chi connectivity index (χ0v) is 19.1. The Balaban J connectivity index is 2.18. The van der Waals surface area contributed by atoms with Crippen LogP contribution in [0.1, 0.15) is 33.9 Å². The Morgan fingerprint density at radius 1 is 1.17 bits per heavy atom. The largest absolute Gasteiger partial charge is 0.456 e. The minimum absolute atomic E-state index is 0.0262. The third kappa shape index (κ3) is 4.61. The third-order valence-electron chi connectivity index (χ3n) is 4.45. The number of halogens is 3. The second-order valence-electron chi connectivity index (χ2n) is 7.23. The van der Waals surface area contributed by atoms with Crippen LogP contribution in [0.2, 0.25) is 10.0 Å². The zero-order chi connectivity index (χ0) is 22.2. The Morgan fingerprint density at radius 3 is 2.33 bits per heavy atom. The van der Waals surface area contributed by atoms with Crippen LogP contribution >= 0.6 is 34.8 Å². The lowest BCUT2D eigenvalue weighted by molar-refractivity contribution is -0.165. The fourth-order valence-electron chi connectivity index (χ4n) is 3.40. The van der Waals surface area contributed by atoms with Crippen molar-refractivity contribution in [2.24, 2.45) is 0 Å². The first-order valence-corrected chi connectivity index (χ1v) is 10.6. The molecule has 1 fully saturated rings. The van der Waals surface area contributed by atoms with Gasteiger partial charge in [-0.25, -0.2) is 4.98 Å². The maximum Gasteiger partial charge on any atom is 0.303 e. The number of benzene rings is 1. The van der Waals surface area contributed by atoms with Crippen LogP contribution in [0.25, 0.3) is 11.0 Å². The van der Waals surface area contributed by atoms with E-state index in [0.29, 0.717) is 27.0 Å². The van der Waals surface area contributed by atoms with Gasteiger partial charge in [0.1, 0.15) is 6.10 Å². The van der Waals surface area contributed by atoms with Gasteiger partial charge >= 0.3 is 11.9 Å². The highest BCUT2D eigenvalue weighted by Gasteiger charge is 2.50. The second-order valence-corrected chi connectivity index (χ2v) is 8.35. The minimum Gasteiger partial charge on any atom is -0.456 e. The molecule has 1 saturated heterocycles. The van der Waals surface area contributed by atoms with E-state index < -0.39 is 36.5 Å². The van der Waals surface area contributed by atoms with Gasteiger partial charge < -0.3 is 19.5 Å². The maximum atomic E-state index is 11.8. The zero-order valence-electron chi connectivity index (χ0n) is 16.8. The molecule has 2 heterocycles. The standard InChI is InChI=1S/C19H22Cl3N3O5/c1-8(2)23-19-24-13-5-11(21)12(22)6-14(13)25(19)18-17(29-10(4)27)16(28-9(3)26)15(7-20)30-18/h5-6,8,15-18H,7H2,1-4H3,(H,23,24)/t15-,16-,17-,18-/m1/s1. The summed E-state index contributed by atoms with van der Waals surface area (Å²) in [5, 5.41) is 3.93. The fourth-order valence-corrected chi connectivity index (χ4v) is 3.96. The van der Waals surface area contributed by atoms with E-state index in [0.717, 1.165) is 0 Å². The predicted molar refractivity (Wildman–Crippen MR) is 114 cm³/mol. The molecule has 0 spiro atoms. The first kappa shape index (κ1) is 22.9. The van der Waals surface area contributed by atoms with Gasteiger partial charge in [-0.2, -0.15) is 0 Å². The van der Waals surface area contributed by atoms with Gasteiger partial charge in [-0.15, -0.1) is 11.6 Å². The van der Waals surface area contributed by atoms with Crippen molar-refractivity contribution >= 4 is 63.7 Å². The lowest BCUT2D eigenvalue weighted by Gasteiger charge is -2.25. The quantitative estimate of drug-likeness (QED) is 0.492. The van der Waals surface area contributed by atoms with Crippen molar-refractivity contribution < 1.29 is 23.8 Å².